The van der Waals surface area contributed by atoms with Gasteiger partial charge in [0.2, 0.25) is 0 Å². The van der Waals surface area contributed by atoms with Crippen molar-refractivity contribution in [2.75, 3.05) is 11.9 Å². The zero-order valence-electron chi connectivity index (χ0n) is 13.0. The minimum absolute atomic E-state index is 0.00490. The Balaban J connectivity index is 2.09. The van der Waals surface area contributed by atoms with Gasteiger partial charge in [0.25, 0.3) is 5.69 Å². The molecule has 2 atom stereocenters. The lowest BCUT2D eigenvalue weighted by atomic mass is 9.98. The maximum absolute atomic E-state index is 11.0. The SMILES string of the molecule is CC(C)Oc1cc(NCC2CCCC2C)cc([N+](=O)[O-])c1. The molecular formula is C16H24N2O3. The van der Waals surface area contributed by atoms with E-state index in [0.717, 1.165) is 18.2 Å². The third-order valence-electron chi connectivity index (χ3n) is 4.08. The van der Waals surface area contributed by atoms with E-state index in [1.165, 1.54) is 25.3 Å². The van der Waals surface area contributed by atoms with Gasteiger partial charge in [-0.05, 0) is 32.1 Å². The van der Waals surface area contributed by atoms with E-state index in [0.29, 0.717) is 11.7 Å². The van der Waals surface area contributed by atoms with Gasteiger partial charge in [-0.2, -0.15) is 0 Å². The van der Waals surface area contributed by atoms with Gasteiger partial charge in [0.05, 0.1) is 17.1 Å². The third-order valence-corrected chi connectivity index (χ3v) is 4.08. The van der Waals surface area contributed by atoms with Crippen LogP contribution in [0.3, 0.4) is 0 Å². The summed E-state index contributed by atoms with van der Waals surface area (Å²) in [4.78, 5) is 10.6. The Morgan fingerprint density at radius 3 is 2.71 bits per heavy atom. The van der Waals surface area contributed by atoms with Crippen LogP contribution in [0, 0.1) is 22.0 Å². The van der Waals surface area contributed by atoms with Crippen LogP contribution in [0.5, 0.6) is 5.75 Å². The molecule has 2 rings (SSSR count). The minimum Gasteiger partial charge on any atom is -0.491 e. The highest BCUT2D eigenvalue weighted by atomic mass is 16.6. The largest absolute Gasteiger partial charge is 0.491 e. The van der Waals surface area contributed by atoms with Crippen LogP contribution in [0.2, 0.25) is 0 Å². The van der Waals surface area contributed by atoms with Gasteiger partial charge >= 0.3 is 0 Å². The van der Waals surface area contributed by atoms with Crippen molar-refractivity contribution in [3.8, 4) is 5.75 Å². The van der Waals surface area contributed by atoms with Crippen LogP contribution in [0.1, 0.15) is 40.0 Å². The number of nitro benzene ring substituents is 1. The minimum atomic E-state index is -0.378. The van der Waals surface area contributed by atoms with E-state index in [1.54, 1.807) is 6.07 Å². The maximum Gasteiger partial charge on any atom is 0.275 e. The van der Waals surface area contributed by atoms with Crippen molar-refractivity contribution in [1.82, 2.24) is 0 Å². The third kappa shape index (κ3) is 4.34. The first-order valence-corrected chi connectivity index (χ1v) is 7.65. The summed E-state index contributed by atoms with van der Waals surface area (Å²) in [7, 11) is 0. The van der Waals surface area contributed by atoms with E-state index < -0.39 is 0 Å². The molecule has 1 aliphatic carbocycles. The zero-order chi connectivity index (χ0) is 15.4. The van der Waals surface area contributed by atoms with Gasteiger partial charge < -0.3 is 10.1 Å². The molecule has 0 radical (unpaired) electrons. The number of nitrogens with zero attached hydrogens (tertiary/aromatic N) is 1. The summed E-state index contributed by atoms with van der Waals surface area (Å²) in [6.07, 6.45) is 3.79. The molecule has 1 fully saturated rings. The van der Waals surface area contributed by atoms with Crippen molar-refractivity contribution < 1.29 is 9.66 Å². The van der Waals surface area contributed by atoms with Gasteiger partial charge in [-0.3, -0.25) is 10.1 Å². The number of benzene rings is 1. The lowest BCUT2D eigenvalue weighted by Gasteiger charge is -2.17. The van der Waals surface area contributed by atoms with Gasteiger partial charge in [-0.1, -0.05) is 19.8 Å². The van der Waals surface area contributed by atoms with Crippen molar-refractivity contribution in [2.24, 2.45) is 11.8 Å². The first-order chi connectivity index (χ1) is 9.95. The smallest absolute Gasteiger partial charge is 0.275 e. The average Bonchev–Trinajstić information content (AvgIpc) is 2.81. The van der Waals surface area contributed by atoms with E-state index in [1.807, 2.05) is 19.9 Å². The molecule has 1 aromatic carbocycles. The topological polar surface area (TPSA) is 64.4 Å². The molecule has 1 aromatic rings. The molecule has 0 spiro atoms. The van der Waals surface area contributed by atoms with E-state index in [4.69, 9.17) is 4.74 Å². The van der Waals surface area contributed by atoms with Crippen LogP contribution in [-0.4, -0.2) is 17.6 Å². The summed E-state index contributed by atoms with van der Waals surface area (Å²) in [6.45, 7) is 6.96. The molecule has 2 unspecified atom stereocenters. The highest BCUT2D eigenvalue weighted by Crippen LogP contribution is 2.32. The molecular weight excluding hydrogens is 268 g/mol. The second kappa shape index (κ2) is 6.78. The number of hydrogen-bond acceptors (Lipinski definition) is 4. The van der Waals surface area contributed by atoms with Crippen LogP contribution in [-0.2, 0) is 0 Å². The van der Waals surface area contributed by atoms with Gasteiger partial charge in [0, 0.05) is 24.4 Å². The highest BCUT2D eigenvalue weighted by Gasteiger charge is 2.23. The van der Waals surface area contributed by atoms with Crippen LogP contribution in [0.15, 0.2) is 18.2 Å². The Morgan fingerprint density at radius 2 is 2.14 bits per heavy atom. The summed E-state index contributed by atoms with van der Waals surface area (Å²) in [5.41, 5.74) is 0.828. The second-order valence-electron chi connectivity index (χ2n) is 6.19. The van der Waals surface area contributed by atoms with Gasteiger partial charge in [0.1, 0.15) is 5.75 Å². The first-order valence-electron chi connectivity index (χ1n) is 7.65. The Kier molecular flexibility index (Phi) is 5.04. The summed E-state index contributed by atoms with van der Waals surface area (Å²) >= 11 is 0. The molecule has 0 bridgehead atoms. The predicted molar refractivity (Wildman–Crippen MR) is 83.9 cm³/mol. The lowest BCUT2D eigenvalue weighted by molar-refractivity contribution is -0.384. The molecule has 116 valence electrons. The molecule has 5 heteroatoms. The molecule has 1 saturated carbocycles. The molecule has 0 saturated heterocycles. The van der Waals surface area contributed by atoms with E-state index in [9.17, 15) is 10.1 Å². The summed E-state index contributed by atoms with van der Waals surface area (Å²) in [5.74, 6) is 1.92. The lowest BCUT2D eigenvalue weighted by Crippen LogP contribution is -2.16. The fourth-order valence-electron chi connectivity index (χ4n) is 2.91. The van der Waals surface area contributed by atoms with Crippen molar-refractivity contribution in [1.29, 1.82) is 0 Å². The molecule has 0 amide bonds. The van der Waals surface area contributed by atoms with Gasteiger partial charge in [-0.25, -0.2) is 0 Å². The van der Waals surface area contributed by atoms with Crippen LogP contribution in [0.4, 0.5) is 11.4 Å². The fourth-order valence-corrected chi connectivity index (χ4v) is 2.91. The molecule has 1 N–H and O–H groups in total. The van der Waals surface area contributed by atoms with E-state index in [-0.39, 0.29) is 16.7 Å². The summed E-state index contributed by atoms with van der Waals surface area (Å²) in [6, 6.07) is 4.89. The van der Waals surface area contributed by atoms with Gasteiger partial charge in [-0.15, -0.1) is 0 Å². The van der Waals surface area contributed by atoms with Crippen molar-refractivity contribution >= 4 is 11.4 Å². The van der Waals surface area contributed by atoms with Gasteiger partial charge in [0.15, 0.2) is 0 Å². The molecule has 5 nitrogen and oxygen atoms in total. The standard InChI is InChI=1S/C16H24N2O3/c1-11(2)21-16-8-14(7-15(9-16)18(19)20)17-10-13-6-4-5-12(13)3/h7-9,11-13,17H,4-6,10H2,1-3H3. The molecule has 21 heavy (non-hydrogen) atoms. The Morgan fingerprint density at radius 1 is 1.38 bits per heavy atom. The second-order valence-corrected chi connectivity index (χ2v) is 6.19. The zero-order valence-corrected chi connectivity index (χ0v) is 13.0. The first kappa shape index (κ1) is 15.6. The normalized spacial score (nSPS) is 21.5. The fraction of sp³-hybridized carbons (Fsp3) is 0.625. The molecule has 0 aliphatic heterocycles. The Labute approximate surface area is 125 Å². The monoisotopic (exact) mass is 292 g/mol. The average molecular weight is 292 g/mol. The number of nitrogens with one attached hydrogen (secondary N) is 1. The van der Waals surface area contributed by atoms with Crippen LogP contribution >= 0.6 is 0 Å². The highest BCUT2D eigenvalue weighted by molar-refractivity contribution is 5.56. The summed E-state index contributed by atoms with van der Waals surface area (Å²) in [5, 5.41) is 14.4. The van der Waals surface area contributed by atoms with E-state index >= 15 is 0 Å². The number of ether oxygens (including phenoxy) is 1. The Bertz CT molecular complexity index is 502. The van der Waals surface area contributed by atoms with Crippen molar-refractivity contribution in [3.63, 3.8) is 0 Å². The number of anilines is 1. The predicted octanol–water partition coefficient (Wildman–Crippen LogP) is 4.23. The number of rotatable bonds is 6. The number of hydrogen-bond donors (Lipinski definition) is 1. The molecule has 0 heterocycles. The maximum atomic E-state index is 11.0. The van der Waals surface area contributed by atoms with E-state index in [2.05, 4.69) is 12.2 Å². The van der Waals surface area contributed by atoms with Crippen LogP contribution in [0.25, 0.3) is 0 Å². The quantitative estimate of drug-likeness (QED) is 0.629. The Hall–Kier alpha value is -1.78. The summed E-state index contributed by atoms with van der Waals surface area (Å²) < 4.78 is 5.59. The number of nitro groups is 1. The molecule has 0 aromatic heterocycles. The number of non-ortho nitro benzene ring substituents is 1. The van der Waals surface area contributed by atoms with Crippen molar-refractivity contribution in [3.05, 3.63) is 28.3 Å². The van der Waals surface area contributed by atoms with Crippen LogP contribution < -0.4 is 10.1 Å². The van der Waals surface area contributed by atoms with Crippen molar-refractivity contribution in [2.45, 2.75) is 46.1 Å². The molecule has 1 aliphatic rings.